The number of ether oxygens (including phenoxy) is 1. The van der Waals surface area contributed by atoms with E-state index in [1.54, 1.807) is 0 Å². The van der Waals surface area contributed by atoms with Crippen molar-refractivity contribution in [2.45, 2.75) is 19.8 Å². The van der Waals surface area contributed by atoms with E-state index in [9.17, 15) is 4.79 Å². The van der Waals surface area contributed by atoms with Gasteiger partial charge < -0.3 is 10.5 Å². The molecule has 0 aliphatic rings. The Morgan fingerprint density at radius 1 is 1.60 bits per heavy atom. The van der Waals surface area contributed by atoms with E-state index in [1.807, 2.05) is 13.8 Å². The molecule has 0 atom stereocenters. The molecule has 6 heteroatoms. The zero-order valence-corrected chi connectivity index (χ0v) is 9.64. The predicted molar refractivity (Wildman–Crippen MR) is 58.6 cm³/mol. The first kappa shape index (κ1) is 11.6. The van der Waals surface area contributed by atoms with Crippen LogP contribution in [0, 0.1) is 5.41 Å². The quantitative estimate of drug-likeness (QED) is 0.463. The third kappa shape index (κ3) is 2.33. The Bertz CT molecular complexity index is 398. The number of rotatable bonds is 3. The minimum atomic E-state index is -0.427. The third-order valence-electron chi connectivity index (χ3n) is 1.80. The van der Waals surface area contributed by atoms with Gasteiger partial charge in [0.1, 0.15) is 4.88 Å². The van der Waals surface area contributed by atoms with Gasteiger partial charge in [-0.1, -0.05) is 13.8 Å². The number of hydrogen-bond acceptors (Lipinski definition) is 5. The summed E-state index contributed by atoms with van der Waals surface area (Å²) in [6.45, 7) is 3.84. The summed E-state index contributed by atoms with van der Waals surface area (Å²) >= 11 is 1.09. The highest BCUT2D eigenvalue weighted by Crippen LogP contribution is 2.25. The predicted octanol–water partition coefficient (Wildman–Crippen LogP) is 1.34. The average Bonchev–Trinajstić information content (AvgIpc) is 2.61. The number of esters is 1. The maximum Gasteiger partial charge on any atom is 0.350 e. The van der Waals surface area contributed by atoms with Gasteiger partial charge in [-0.05, 0) is 5.92 Å². The van der Waals surface area contributed by atoms with Crippen LogP contribution in [-0.4, -0.2) is 23.9 Å². The fraction of sp³-hybridized carbons (Fsp3) is 0.444. The highest BCUT2D eigenvalue weighted by Gasteiger charge is 2.21. The van der Waals surface area contributed by atoms with Gasteiger partial charge in [0.15, 0.2) is 10.8 Å². The fourth-order valence-corrected chi connectivity index (χ4v) is 2.08. The van der Waals surface area contributed by atoms with Crippen molar-refractivity contribution in [2.24, 2.45) is 5.73 Å². The van der Waals surface area contributed by atoms with E-state index in [4.69, 9.17) is 11.1 Å². The monoisotopic (exact) mass is 227 g/mol. The van der Waals surface area contributed by atoms with Crippen LogP contribution in [0.5, 0.6) is 0 Å². The highest BCUT2D eigenvalue weighted by atomic mass is 32.1. The lowest BCUT2D eigenvalue weighted by Gasteiger charge is -2.02. The van der Waals surface area contributed by atoms with E-state index in [2.05, 4.69) is 9.72 Å². The van der Waals surface area contributed by atoms with Gasteiger partial charge >= 0.3 is 5.97 Å². The molecule has 0 fully saturated rings. The van der Waals surface area contributed by atoms with Gasteiger partial charge in [-0.3, -0.25) is 5.41 Å². The van der Waals surface area contributed by atoms with Crippen molar-refractivity contribution in [3.8, 4) is 0 Å². The SMILES string of the molecule is COC(=O)c1sc(C(=N)N)nc1C(C)C. The summed E-state index contributed by atoms with van der Waals surface area (Å²) in [6.07, 6.45) is 0. The molecule has 0 spiro atoms. The third-order valence-corrected chi connectivity index (χ3v) is 2.89. The molecule has 0 aliphatic heterocycles. The molecule has 15 heavy (non-hydrogen) atoms. The number of hydrogen-bond donors (Lipinski definition) is 2. The summed E-state index contributed by atoms with van der Waals surface area (Å²) in [5.41, 5.74) is 5.95. The molecule has 1 heterocycles. The number of aromatic nitrogens is 1. The Morgan fingerprint density at radius 2 is 2.20 bits per heavy atom. The van der Waals surface area contributed by atoms with E-state index in [1.165, 1.54) is 7.11 Å². The largest absolute Gasteiger partial charge is 0.465 e. The molecule has 1 aromatic heterocycles. The molecule has 0 amide bonds. The maximum atomic E-state index is 11.4. The van der Waals surface area contributed by atoms with Crippen molar-refractivity contribution in [1.29, 1.82) is 5.41 Å². The topological polar surface area (TPSA) is 89.1 Å². The van der Waals surface area contributed by atoms with Crippen molar-refractivity contribution >= 4 is 23.1 Å². The number of methoxy groups -OCH3 is 1. The lowest BCUT2D eigenvalue weighted by Crippen LogP contribution is -2.10. The molecule has 0 radical (unpaired) electrons. The summed E-state index contributed by atoms with van der Waals surface area (Å²) in [5.74, 6) is -0.454. The molecular weight excluding hydrogens is 214 g/mol. The first-order chi connectivity index (χ1) is 6.97. The van der Waals surface area contributed by atoms with E-state index in [-0.39, 0.29) is 11.8 Å². The van der Waals surface area contributed by atoms with Crippen LogP contribution in [0.2, 0.25) is 0 Å². The molecule has 5 nitrogen and oxygen atoms in total. The number of carbonyl (C=O) groups is 1. The molecular formula is C9H13N3O2S. The van der Waals surface area contributed by atoms with Gasteiger partial charge in [0.05, 0.1) is 12.8 Å². The van der Waals surface area contributed by atoms with Gasteiger partial charge in [0.2, 0.25) is 0 Å². The van der Waals surface area contributed by atoms with Gasteiger partial charge in [-0.2, -0.15) is 0 Å². The molecule has 3 N–H and O–H groups in total. The van der Waals surface area contributed by atoms with Gasteiger partial charge in [0.25, 0.3) is 0 Å². The summed E-state index contributed by atoms with van der Waals surface area (Å²) in [7, 11) is 1.32. The van der Waals surface area contributed by atoms with E-state index in [0.717, 1.165) is 11.3 Å². The maximum absolute atomic E-state index is 11.4. The van der Waals surface area contributed by atoms with Crippen LogP contribution < -0.4 is 5.73 Å². The molecule has 0 aliphatic carbocycles. The molecule has 1 aromatic rings. The van der Waals surface area contributed by atoms with Crippen molar-refractivity contribution in [3.63, 3.8) is 0 Å². The van der Waals surface area contributed by atoms with Crippen molar-refractivity contribution < 1.29 is 9.53 Å². The first-order valence-corrected chi connectivity index (χ1v) is 5.22. The number of nitrogens with zero attached hydrogens (tertiary/aromatic N) is 1. The Kier molecular flexibility index (Phi) is 3.41. The lowest BCUT2D eigenvalue weighted by molar-refractivity contribution is 0.0604. The molecule has 82 valence electrons. The molecule has 0 unspecified atom stereocenters. The van der Waals surface area contributed by atoms with Crippen LogP contribution >= 0.6 is 11.3 Å². The van der Waals surface area contributed by atoms with Crippen molar-refractivity contribution in [3.05, 3.63) is 15.6 Å². The number of amidine groups is 1. The summed E-state index contributed by atoms with van der Waals surface area (Å²) in [4.78, 5) is 16.0. The van der Waals surface area contributed by atoms with Gasteiger partial charge in [0, 0.05) is 0 Å². The van der Waals surface area contributed by atoms with Crippen LogP contribution in [0.15, 0.2) is 0 Å². The second-order valence-corrected chi connectivity index (χ2v) is 4.29. The van der Waals surface area contributed by atoms with Crippen LogP contribution in [0.4, 0.5) is 0 Å². The first-order valence-electron chi connectivity index (χ1n) is 4.40. The van der Waals surface area contributed by atoms with Crippen LogP contribution in [-0.2, 0) is 4.74 Å². The van der Waals surface area contributed by atoms with Gasteiger partial charge in [-0.15, -0.1) is 11.3 Å². The average molecular weight is 227 g/mol. The van der Waals surface area contributed by atoms with Crippen LogP contribution in [0.25, 0.3) is 0 Å². The zero-order chi connectivity index (χ0) is 11.6. The van der Waals surface area contributed by atoms with E-state index >= 15 is 0 Å². The smallest absolute Gasteiger partial charge is 0.350 e. The van der Waals surface area contributed by atoms with Crippen LogP contribution in [0.3, 0.4) is 0 Å². The summed E-state index contributed by atoms with van der Waals surface area (Å²) in [6, 6.07) is 0. The van der Waals surface area contributed by atoms with Crippen molar-refractivity contribution in [1.82, 2.24) is 4.98 Å². The Balaban J connectivity index is 3.23. The number of nitrogen functional groups attached to an aromatic ring is 1. The number of thiazole rings is 1. The zero-order valence-electron chi connectivity index (χ0n) is 8.83. The molecule has 0 aromatic carbocycles. The second kappa shape index (κ2) is 4.39. The standard InChI is InChI=1S/C9H13N3O2S/c1-4(2)5-6(9(13)14-3)15-8(12-5)7(10)11/h4H,1-3H3,(H3,10,11). The summed E-state index contributed by atoms with van der Waals surface area (Å²) < 4.78 is 4.64. The molecule has 1 rings (SSSR count). The van der Waals surface area contributed by atoms with Crippen LogP contribution in [0.1, 0.15) is 40.1 Å². The highest BCUT2D eigenvalue weighted by molar-refractivity contribution is 7.15. The Labute approximate surface area is 91.8 Å². The van der Waals surface area contributed by atoms with E-state index in [0.29, 0.717) is 15.6 Å². The second-order valence-electron chi connectivity index (χ2n) is 3.29. The fourth-order valence-electron chi connectivity index (χ4n) is 1.08. The molecule has 0 bridgehead atoms. The van der Waals surface area contributed by atoms with Gasteiger partial charge in [-0.25, -0.2) is 9.78 Å². The minimum absolute atomic E-state index is 0.100. The van der Waals surface area contributed by atoms with Crippen molar-refractivity contribution in [2.75, 3.05) is 7.11 Å². The number of carbonyl (C=O) groups excluding carboxylic acids is 1. The van der Waals surface area contributed by atoms with E-state index < -0.39 is 5.97 Å². The number of nitrogens with two attached hydrogens (primary N) is 1. The molecule has 0 saturated heterocycles. The Hall–Kier alpha value is -1.43. The summed E-state index contributed by atoms with van der Waals surface area (Å²) in [5, 5.41) is 7.62. The number of nitrogens with one attached hydrogen (secondary N) is 1. The normalized spacial score (nSPS) is 10.4. The Morgan fingerprint density at radius 3 is 2.60 bits per heavy atom. The minimum Gasteiger partial charge on any atom is -0.465 e. The molecule has 0 saturated carbocycles. The lowest BCUT2D eigenvalue weighted by atomic mass is 10.1.